The van der Waals surface area contributed by atoms with Gasteiger partial charge in [-0.15, -0.1) is 0 Å². The number of rotatable bonds is 8. The molecule has 1 aliphatic heterocycles. The molecule has 1 aliphatic rings. The Balaban J connectivity index is 2.33. The van der Waals surface area contributed by atoms with Crippen molar-refractivity contribution in [3.8, 4) is 0 Å². The minimum atomic E-state index is -2.79. The van der Waals surface area contributed by atoms with E-state index < -0.39 is 9.84 Å². The zero-order valence-electron chi connectivity index (χ0n) is 11.8. The van der Waals surface area contributed by atoms with E-state index in [1.807, 2.05) is 7.05 Å². The highest BCUT2D eigenvalue weighted by molar-refractivity contribution is 7.91. The normalized spacial score (nSPS) is 22.2. The SMILES string of the molecule is CCS(=O)(=O)CCCN1CCCCC1CCNC. The van der Waals surface area contributed by atoms with Crippen LogP contribution in [-0.4, -0.2) is 57.5 Å². The number of hydrogen-bond donors (Lipinski definition) is 1. The topological polar surface area (TPSA) is 49.4 Å². The van der Waals surface area contributed by atoms with Crippen LogP contribution in [0.15, 0.2) is 0 Å². The van der Waals surface area contributed by atoms with E-state index in [2.05, 4.69) is 10.2 Å². The second-order valence-electron chi connectivity index (χ2n) is 5.17. The first-order valence-electron chi connectivity index (χ1n) is 7.18. The molecule has 1 heterocycles. The van der Waals surface area contributed by atoms with Crippen LogP contribution in [0.3, 0.4) is 0 Å². The maximum absolute atomic E-state index is 11.5. The van der Waals surface area contributed by atoms with Crippen LogP contribution in [0.5, 0.6) is 0 Å². The molecule has 18 heavy (non-hydrogen) atoms. The number of hydrogen-bond acceptors (Lipinski definition) is 4. The minimum Gasteiger partial charge on any atom is -0.320 e. The quantitative estimate of drug-likeness (QED) is 0.725. The second-order valence-corrected chi connectivity index (χ2v) is 7.64. The van der Waals surface area contributed by atoms with Gasteiger partial charge in [0.05, 0.1) is 5.75 Å². The fourth-order valence-corrected chi connectivity index (χ4v) is 3.48. The Morgan fingerprint density at radius 2 is 2.11 bits per heavy atom. The molecule has 0 saturated carbocycles. The van der Waals surface area contributed by atoms with E-state index in [1.165, 1.54) is 25.7 Å². The molecule has 1 atom stereocenters. The van der Waals surface area contributed by atoms with E-state index in [0.717, 1.165) is 26.1 Å². The molecule has 1 saturated heterocycles. The summed E-state index contributed by atoms with van der Waals surface area (Å²) in [5, 5.41) is 3.20. The van der Waals surface area contributed by atoms with Gasteiger partial charge in [-0.1, -0.05) is 13.3 Å². The van der Waals surface area contributed by atoms with Crippen LogP contribution in [0.1, 0.15) is 39.0 Å². The molecule has 0 aromatic rings. The molecule has 0 aromatic carbocycles. The van der Waals surface area contributed by atoms with Crippen LogP contribution >= 0.6 is 0 Å². The predicted octanol–water partition coefficient (Wildman–Crippen LogP) is 1.28. The average Bonchev–Trinajstić information content (AvgIpc) is 2.37. The summed E-state index contributed by atoms with van der Waals surface area (Å²) in [4.78, 5) is 2.49. The lowest BCUT2D eigenvalue weighted by molar-refractivity contribution is 0.141. The van der Waals surface area contributed by atoms with Gasteiger partial charge in [-0.2, -0.15) is 0 Å². The first-order valence-corrected chi connectivity index (χ1v) is 9.00. The number of nitrogens with one attached hydrogen (secondary N) is 1. The summed E-state index contributed by atoms with van der Waals surface area (Å²) in [6.45, 7) is 4.86. The molecule has 4 nitrogen and oxygen atoms in total. The third-order valence-electron chi connectivity index (χ3n) is 3.82. The van der Waals surface area contributed by atoms with Gasteiger partial charge in [-0.3, -0.25) is 0 Å². The Bertz CT molecular complexity index is 317. The van der Waals surface area contributed by atoms with Gasteiger partial charge in [0, 0.05) is 11.8 Å². The lowest BCUT2D eigenvalue weighted by Gasteiger charge is -2.35. The Morgan fingerprint density at radius 3 is 2.78 bits per heavy atom. The van der Waals surface area contributed by atoms with Gasteiger partial charge >= 0.3 is 0 Å². The lowest BCUT2D eigenvalue weighted by Crippen LogP contribution is -2.41. The van der Waals surface area contributed by atoms with E-state index in [0.29, 0.717) is 11.8 Å². The molecule has 0 amide bonds. The molecule has 0 spiro atoms. The first kappa shape index (κ1) is 15.9. The third kappa shape index (κ3) is 5.67. The Labute approximate surface area is 112 Å². The summed E-state index contributed by atoms with van der Waals surface area (Å²) in [6.07, 6.45) is 5.81. The maximum Gasteiger partial charge on any atom is 0.150 e. The molecular formula is C13H28N2O2S. The molecule has 108 valence electrons. The molecule has 0 radical (unpaired) electrons. The summed E-state index contributed by atoms with van der Waals surface area (Å²) in [5.41, 5.74) is 0. The largest absolute Gasteiger partial charge is 0.320 e. The van der Waals surface area contributed by atoms with Crippen molar-refractivity contribution in [3.05, 3.63) is 0 Å². The third-order valence-corrected chi connectivity index (χ3v) is 5.61. The van der Waals surface area contributed by atoms with Crippen molar-refractivity contribution in [1.29, 1.82) is 0 Å². The van der Waals surface area contributed by atoms with Crippen molar-refractivity contribution in [1.82, 2.24) is 10.2 Å². The highest BCUT2D eigenvalue weighted by Gasteiger charge is 2.21. The van der Waals surface area contributed by atoms with E-state index >= 15 is 0 Å². The Morgan fingerprint density at radius 1 is 1.33 bits per heavy atom. The van der Waals surface area contributed by atoms with Crippen LogP contribution in [-0.2, 0) is 9.84 Å². The molecule has 0 aliphatic carbocycles. The number of sulfone groups is 1. The second kappa shape index (κ2) is 8.12. The van der Waals surface area contributed by atoms with Crippen LogP contribution in [0.4, 0.5) is 0 Å². The highest BCUT2D eigenvalue weighted by Crippen LogP contribution is 2.19. The van der Waals surface area contributed by atoms with E-state index in [1.54, 1.807) is 6.92 Å². The smallest absolute Gasteiger partial charge is 0.150 e. The minimum absolute atomic E-state index is 0.274. The number of piperidine rings is 1. The lowest BCUT2D eigenvalue weighted by atomic mass is 9.99. The van der Waals surface area contributed by atoms with Crippen molar-refractivity contribution in [2.75, 3.05) is 38.2 Å². The van der Waals surface area contributed by atoms with Gasteiger partial charge < -0.3 is 10.2 Å². The molecule has 0 aromatic heterocycles. The first-order chi connectivity index (χ1) is 8.59. The maximum atomic E-state index is 11.5. The molecule has 1 N–H and O–H groups in total. The van der Waals surface area contributed by atoms with Crippen molar-refractivity contribution < 1.29 is 8.42 Å². The summed E-state index contributed by atoms with van der Waals surface area (Å²) in [7, 11) is -0.807. The summed E-state index contributed by atoms with van der Waals surface area (Å²) in [6, 6.07) is 0.649. The average molecular weight is 276 g/mol. The van der Waals surface area contributed by atoms with Crippen LogP contribution in [0.2, 0.25) is 0 Å². The Kier molecular flexibility index (Phi) is 7.19. The summed E-state index contributed by atoms with van der Waals surface area (Å²) < 4.78 is 22.9. The monoisotopic (exact) mass is 276 g/mol. The molecule has 1 unspecified atom stereocenters. The van der Waals surface area contributed by atoms with Crippen molar-refractivity contribution in [2.45, 2.75) is 45.1 Å². The van der Waals surface area contributed by atoms with Gasteiger partial charge in [-0.05, 0) is 52.4 Å². The molecular weight excluding hydrogens is 248 g/mol. The van der Waals surface area contributed by atoms with Crippen LogP contribution in [0, 0.1) is 0 Å². The molecule has 1 fully saturated rings. The zero-order valence-corrected chi connectivity index (χ0v) is 12.6. The van der Waals surface area contributed by atoms with Gasteiger partial charge in [0.1, 0.15) is 9.84 Å². The van der Waals surface area contributed by atoms with Gasteiger partial charge in [0.2, 0.25) is 0 Å². The van der Waals surface area contributed by atoms with Crippen molar-refractivity contribution in [3.63, 3.8) is 0 Å². The summed E-state index contributed by atoms with van der Waals surface area (Å²) in [5.74, 6) is 0.620. The van der Waals surface area contributed by atoms with Crippen molar-refractivity contribution >= 4 is 9.84 Å². The highest BCUT2D eigenvalue weighted by atomic mass is 32.2. The number of likely N-dealkylation sites (tertiary alicyclic amines) is 1. The summed E-state index contributed by atoms with van der Waals surface area (Å²) >= 11 is 0. The molecule has 0 bridgehead atoms. The van der Waals surface area contributed by atoms with E-state index in [4.69, 9.17) is 0 Å². The molecule has 5 heteroatoms. The van der Waals surface area contributed by atoms with Gasteiger partial charge in [0.15, 0.2) is 0 Å². The van der Waals surface area contributed by atoms with E-state index in [9.17, 15) is 8.42 Å². The predicted molar refractivity (Wildman–Crippen MR) is 76.7 cm³/mol. The van der Waals surface area contributed by atoms with Gasteiger partial charge in [0.25, 0.3) is 0 Å². The van der Waals surface area contributed by atoms with Crippen molar-refractivity contribution in [2.24, 2.45) is 0 Å². The van der Waals surface area contributed by atoms with Gasteiger partial charge in [-0.25, -0.2) is 8.42 Å². The van der Waals surface area contributed by atoms with Crippen LogP contribution < -0.4 is 5.32 Å². The standard InChI is InChI=1S/C13H28N2O2S/c1-3-18(16,17)12-6-11-15-10-5-4-7-13(15)8-9-14-2/h13-14H,3-12H2,1-2H3. The van der Waals surface area contributed by atoms with Crippen LogP contribution in [0.25, 0.3) is 0 Å². The number of nitrogens with zero attached hydrogens (tertiary/aromatic N) is 1. The van der Waals surface area contributed by atoms with E-state index in [-0.39, 0.29) is 5.75 Å². The zero-order chi connectivity index (χ0) is 13.4. The fraction of sp³-hybridized carbons (Fsp3) is 1.00. The molecule has 1 rings (SSSR count). The Hall–Kier alpha value is -0.130. The fourth-order valence-electron chi connectivity index (χ4n) is 2.62.